The van der Waals surface area contributed by atoms with Crippen molar-refractivity contribution in [3.05, 3.63) is 29.3 Å². The average Bonchev–Trinajstić information content (AvgIpc) is 2.22. The normalized spacial score (nSPS) is 15.5. The second-order valence-corrected chi connectivity index (χ2v) is 5.00. The van der Waals surface area contributed by atoms with Gasteiger partial charge in [-0.25, -0.2) is 0 Å². The summed E-state index contributed by atoms with van der Waals surface area (Å²) in [6, 6.07) is 6.32. The van der Waals surface area contributed by atoms with Crippen LogP contribution in [0.15, 0.2) is 18.2 Å². The predicted molar refractivity (Wildman–Crippen MR) is 71.3 cm³/mol. The van der Waals surface area contributed by atoms with Gasteiger partial charge in [0.15, 0.2) is 0 Å². The zero-order valence-electron chi connectivity index (χ0n) is 11.0. The number of benzene rings is 1. The van der Waals surface area contributed by atoms with Gasteiger partial charge in [-0.2, -0.15) is 0 Å². The molecule has 0 atom stereocenters. The molecule has 0 saturated heterocycles. The van der Waals surface area contributed by atoms with E-state index in [1.807, 2.05) is 4.90 Å². The summed E-state index contributed by atoms with van der Waals surface area (Å²) in [5.41, 5.74) is 3.49. The van der Waals surface area contributed by atoms with Gasteiger partial charge in [-0.05, 0) is 50.8 Å². The Balaban J connectivity index is 2.27. The first kappa shape index (κ1) is 12.2. The third-order valence-electron chi connectivity index (χ3n) is 3.69. The zero-order chi connectivity index (χ0) is 12.4. The molecule has 1 aliphatic rings. The first-order valence-electron chi connectivity index (χ1n) is 6.52. The minimum absolute atomic E-state index is 0.273. The molecule has 0 unspecified atom stereocenters. The van der Waals surface area contributed by atoms with Crippen LogP contribution in [0.2, 0.25) is 0 Å². The van der Waals surface area contributed by atoms with Gasteiger partial charge in [0.05, 0.1) is 0 Å². The second-order valence-electron chi connectivity index (χ2n) is 5.00. The van der Waals surface area contributed by atoms with Gasteiger partial charge in [0, 0.05) is 18.2 Å². The fourth-order valence-electron chi connectivity index (χ4n) is 2.33. The molecule has 1 aromatic rings. The van der Waals surface area contributed by atoms with E-state index in [1.54, 1.807) is 0 Å². The smallest absolute Gasteiger partial charge is 0.230 e. The molecule has 1 saturated carbocycles. The molecule has 2 rings (SSSR count). The second kappa shape index (κ2) is 4.91. The van der Waals surface area contributed by atoms with Crippen molar-refractivity contribution < 1.29 is 4.79 Å². The molecule has 17 heavy (non-hydrogen) atoms. The van der Waals surface area contributed by atoms with E-state index >= 15 is 0 Å². The molecular weight excluding hydrogens is 210 g/mol. The van der Waals surface area contributed by atoms with Gasteiger partial charge in [0.25, 0.3) is 0 Å². The summed E-state index contributed by atoms with van der Waals surface area (Å²) in [6.07, 6.45) is 3.35. The monoisotopic (exact) mass is 231 g/mol. The highest BCUT2D eigenvalue weighted by molar-refractivity contribution is 5.96. The van der Waals surface area contributed by atoms with Crippen LogP contribution in [0.25, 0.3) is 0 Å². The third-order valence-corrected chi connectivity index (χ3v) is 3.69. The van der Waals surface area contributed by atoms with Crippen LogP contribution in [0.4, 0.5) is 5.69 Å². The minimum atomic E-state index is 0.273. The van der Waals surface area contributed by atoms with Crippen molar-refractivity contribution in [3.8, 4) is 0 Å². The maximum absolute atomic E-state index is 12.3. The topological polar surface area (TPSA) is 20.3 Å². The first-order chi connectivity index (χ1) is 8.13. The summed E-state index contributed by atoms with van der Waals surface area (Å²) in [5.74, 6) is 0.585. The van der Waals surface area contributed by atoms with E-state index in [0.29, 0.717) is 5.91 Å². The van der Waals surface area contributed by atoms with Gasteiger partial charge in [-0.15, -0.1) is 0 Å². The van der Waals surface area contributed by atoms with Gasteiger partial charge in [0.2, 0.25) is 5.91 Å². The molecule has 0 radical (unpaired) electrons. The first-order valence-corrected chi connectivity index (χ1v) is 6.52. The van der Waals surface area contributed by atoms with E-state index in [9.17, 15) is 4.79 Å². The van der Waals surface area contributed by atoms with Gasteiger partial charge in [0.1, 0.15) is 0 Å². The van der Waals surface area contributed by atoms with E-state index in [0.717, 1.165) is 25.1 Å². The van der Waals surface area contributed by atoms with Gasteiger partial charge < -0.3 is 4.90 Å². The summed E-state index contributed by atoms with van der Waals surface area (Å²) in [7, 11) is 0. The van der Waals surface area contributed by atoms with E-state index in [2.05, 4.69) is 39.0 Å². The summed E-state index contributed by atoms with van der Waals surface area (Å²) < 4.78 is 0. The maximum atomic E-state index is 12.3. The number of aryl methyl sites for hydroxylation is 2. The molecule has 0 aliphatic heterocycles. The van der Waals surface area contributed by atoms with E-state index in [-0.39, 0.29) is 5.92 Å². The lowest BCUT2D eigenvalue weighted by atomic mass is 9.84. The van der Waals surface area contributed by atoms with Crippen LogP contribution >= 0.6 is 0 Å². The van der Waals surface area contributed by atoms with Crippen molar-refractivity contribution >= 4 is 11.6 Å². The van der Waals surface area contributed by atoms with Crippen molar-refractivity contribution in [1.29, 1.82) is 0 Å². The Labute approximate surface area is 104 Å². The van der Waals surface area contributed by atoms with Crippen LogP contribution < -0.4 is 4.90 Å². The SMILES string of the molecule is CCN(C(=O)C1CCC1)c1cc(C)ccc1C. The molecule has 1 fully saturated rings. The number of anilines is 1. The van der Waals surface area contributed by atoms with E-state index < -0.39 is 0 Å². The Morgan fingerprint density at radius 3 is 2.59 bits per heavy atom. The Kier molecular flexibility index (Phi) is 3.51. The molecule has 0 heterocycles. The number of hydrogen-bond donors (Lipinski definition) is 0. The van der Waals surface area contributed by atoms with Crippen molar-refractivity contribution in [2.45, 2.75) is 40.0 Å². The van der Waals surface area contributed by atoms with Crippen LogP contribution in [0.5, 0.6) is 0 Å². The average molecular weight is 231 g/mol. The molecule has 0 N–H and O–H groups in total. The van der Waals surface area contributed by atoms with Crippen molar-refractivity contribution in [3.63, 3.8) is 0 Å². The molecule has 2 nitrogen and oxygen atoms in total. The number of carbonyl (C=O) groups is 1. The van der Waals surface area contributed by atoms with Gasteiger partial charge in [-0.1, -0.05) is 18.6 Å². The summed E-state index contributed by atoms with van der Waals surface area (Å²) in [5, 5.41) is 0. The predicted octanol–water partition coefficient (Wildman–Crippen LogP) is 3.46. The third kappa shape index (κ3) is 2.36. The van der Waals surface area contributed by atoms with Crippen molar-refractivity contribution in [1.82, 2.24) is 0 Å². The number of rotatable bonds is 3. The van der Waals surface area contributed by atoms with E-state index in [4.69, 9.17) is 0 Å². The molecule has 1 aliphatic carbocycles. The highest BCUT2D eigenvalue weighted by atomic mass is 16.2. The standard InChI is InChI=1S/C15H21NO/c1-4-16(15(17)13-6-5-7-13)14-10-11(2)8-9-12(14)3/h8-10,13H,4-7H2,1-3H3. The molecule has 0 spiro atoms. The minimum Gasteiger partial charge on any atom is -0.312 e. The molecule has 1 amide bonds. The fourth-order valence-corrected chi connectivity index (χ4v) is 2.33. The highest BCUT2D eigenvalue weighted by Gasteiger charge is 2.29. The van der Waals surface area contributed by atoms with Crippen LogP contribution in [-0.4, -0.2) is 12.5 Å². The summed E-state index contributed by atoms with van der Waals surface area (Å²) >= 11 is 0. The quantitative estimate of drug-likeness (QED) is 0.780. The lowest BCUT2D eigenvalue weighted by Gasteiger charge is -2.32. The van der Waals surface area contributed by atoms with Crippen LogP contribution in [0, 0.1) is 19.8 Å². The molecule has 0 bridgehead atoms. The van der Waals surface area contributed by atoms with Gasteiger partial charge in [-0.3, -0.25) is 4.79 Å². The van der Waals surface area contributed by atoms with Gasteiger partial charge >= 0.3 is 0 Å². The summed E-state index contributed by atoms with van der Waals surface area (Å²) in [6.45, 7) is 6.97. The lowest BCUT2D eigenvalue weighted by molar-refractivity contribution is -0.124. The van der Waals surface area contributed by atoms with Crippen molar-refractivity contribution in [2.75, 3.05) is 11.4 Å². The Morgan fingerprint density at radius 2 is 2.06 bits per heavy atom. The number of carbonyl (C=O) groups excluding carboxylic acids is 1. The highest BCUT2D eigenvalue weighted by Crippen LogP contribution is 2.31. The van der Waals surface area contributed by atoms with Crippen LogP contribution in [-0.2, 0) is 4.79 Å². The Bertz CT molecular complexity index is 421. The number of amides is 1. The largest absolute Gasteiger partial charge is 0.312 e. The fraction of sp³-hybridized carbons (Fsp3) is 0.533. The number of hydrogen-bond acceptors (Lipinski definition) is 1. The Hall–Kier alpha value is -1.31. The number of nitrogens with zero attached hydrogens (tertiary/aromatic N) is 1. The maximum Gasteiger partial charge on any atom is 0.230 e. The molecular formula is C15H21NO. The van der Waals surface area contributed by atoms with Crippen LogP contribution in [0.1, 0.15) is 37.3 Å². The molecule has 1 aromatic carbocycles. The van der Waals surface area contributed by atoms with Crippen LogP contribution in [0.3, 0.4) is 0 Å². The van der Waals surface area contributed by atoms with Crippen molar-refractivity contribution in [2.24, 2.45) is 5.92 Å². The molecule has 92 valence electrons. The zero-order valence-corrected chi connectivity index (χ0v) is 11.0. The summed E-state index contributed by atoms with van der Waals surface area (Å²) in [4.78, 5) is 14.3. The molecule has 0 aromatic heterocycles. The Morgan fingerprint density at radius 1 is 1.35 bits per heavy atom. The van der Waals surface area contributed by atoms with E-state index in [1.165, 1.54) is 17.5 Å². The molecule has 2 heteroatoms. The lowest BCUT2D eigenvalue weighted by Crippen LogP contribution is -2.39.